The molecule has 8 nitrogen and oxygen atoms in total. The minimum Gasteiger partial charge on any atom is -0.489 e. The molecule has 0 amide bonds. The molecule has 6 rings (SSSR count). The first-order valence-electron chi connectivity index (χ1n) is 15.6. The van der Waals surface area contributed by atoms with E-state index in [2.05, 4.69) is 22.9 Å². The molecule has 1 aromatic carbocycles. The summed E-state index contributed by atoms with van der Waals surface area (Å²) in [6.07, 6.45) is 7.49. The summed E-state index contributed by atoms with van der Waals surface area (Å²) in [6.45, 7) is 7.47. The topological polar surface area (TPSA) is 123 Å². The monoisotopic (exact) mass is 645 g/mol. The summed E-state index contributed by atoms with van der Waals surface area (Å²) in [7, 11) is -3.58. The minimum atomic E-state index is -3.58. The Morgan fingerprint density at radius 1 is 1.25 bits per heavy atom. The molecule has 1 aromatic heterocycles. The molecule has 0 bridgehead atoms. The number of nitrogens with zero attached hydrogens (tertiary/aromatic N) is 2. The Morgan fingerprint density at radius 2 is 2.00 bits per heavy atom. The fraction of sp³-hybridized carbons (Fsp3) is 0.576. The molecule has 1 unspecified atom stereocenters. The maximum atomic E-state index is 15.2. The van der Waals surface area contributed by atoms with Crippen LogP contribution in [0.2, 0.25) is 5.02 Å². The average Bonchev–Trinajstić information content (AvgIpc) is 3.08. The molecule has 11 heteroatoms. The minimum absolute atomic E-state index is 0.0396. The second-order valence-electron chi connectivity index (χ2n) is 13.6. The lowest BCUT2D eigenvalue weighted by atomic mass is 9.61. The second kappa shape index (κ2) is 11.6. The van der Waals surface area contributed by atoms with E-state index < -0.39 is 26.7 Å². The number of aromatic nitrogens is 1. The smallest absolute Gasteiger partial charge is 0.354 e. The molecule has 4 aliphatic rings. The van der Waals surface area contributed by atoms with Gasteiger partial charge in [-0.05, 0) is 104 Å². The Kier molecular flexibility index (Phi) is 8.24. The molecule has 238 valence electrons. The number of rotatable bonds is 8. The molecule has 1 saturated carbocycles. The number of hydrogen-bond acceptors (Lipinski definition) is 6. The summed E-state index contributed by atoms with van der Waals surface area (Å²) in [5.74, 6) is 0.903. The number of ether oxygens (including phenoxy) is 1. The van der Waals surface area contributed by atoms with Crippen LogP contribution in [0.15, 0.2) is 35.9 Å². The molecular formula is C33H41ClFN3O5S. The molecule has 44 heavy (non-hydrogen) atoms. The molecule has 7 atom stereocenters. The second-order valence-corrected chi connectivity index (χ2v) is 15.9. The van der Waals surface area contributed by atoms with Crippen molar-refractivity contribution in [3.8, 4) is 5.75 Å². The standard InChI is InChI=1S/C33H41ClFN3O5S/c1-18(20(3)44(36,41)42)22-13-23(14-22)19(2)24-7-6-21(24)15-38-16-33(12-4-5-25-26(33)8-9-27(34)30(25)35)17-43-29-11-10-28(32(39)40)37-31(29)38/h8-11,13,18-22,24H,4-7,12,14-17H2,1-3H3,(H,39,40)(H2,36,41,42)/t18-,19?,20-,21+,22+,24+,33+/m1/s1. The lowest BCUT2D eigenvalue weighted by molar-refractivity contribution is 0.0690. The van der Waals surface area contributed by atoms with Gasteiger partial charge in [-0.1, -0.05) is 43.2 Å². The van der Waals surface area contributed by atoms with Crippen molar-refractivity contribution in [3.05, 3.63) is 63.6 Å². The number of primary sulfonamides is 1. The normalized spacial score (nSPS) is 28.3. The number of hydrogen-bond donors (Lipinski definition) is 2. The first-order valence-corrected chi connectivity index (χ1v) is 17.6. The maximum absolute atomic E-state index is 15.2. The van der Waals surface area contributed by atoms with E-state index in [9.17, 15) is 18.3 Å². The molecular weight excluding hydrogens is 605 g/mol. The molecule has 1 spiro atoms. The van der Waals surface area contributed by atoms with Crippen LogP contribution in [0, 0.1) is 35.4 Å². The number of halogens is 2. The highest BCUT2D eigenvalue weighted by molar-refractivity contribution is 7.89. The number of fused-ring (bicyclic) bond motifs is 3. The fourth-order valence-electron chi connectivity index (χ4n) is 8.01. The summed E-state index contributed by atoms with van der Waals surface area (Å²) in [5, 5.41) is 14.7. The Hall–Kier alpha value is -2.69. The van der Waals surface area contributed by atoms with Gasteiger partial charge in [0.15, 0.2) is 17.3 Å². The van der Waals surface area contributed by atoms with Gasteiger partial charge in [0.25, 0.3) is 0 Å². The maximum Gasteiger partial charge on any atom is 0.354 e. The summed E-state index contributed by atoms with van der Waals surface area (Å²) >= 11 is 6.18. The van der Waals surface area contributed by atoms with E-state index in [1.807, 2.05) is 13.0 Å². The van der Waals surface area contributed by atoms with Crippen molar-refractivity contribution in [1.82, 2.24) is 4.98 Å². The lowest BCUT2D eigenvalue weighted by Crippen LogP contribution is -2.49. The van der Waals surface area contributed by atoms with Crippen LogP contribution in [0.25, 0.3) is 0 Å². The Labute approximate surface area is 263 Å². The number of benzene rings is 1. The first-order chi connectivity index (χ1) is 20.8. The van der Waals surface area contributed by atoms with Gasteiger partial charge in [0, 0.05) is 18.5 Å². The van der Waals surface area contributed by atoms with Gasteiger partial charge in [0.1, 0.15) is 5.82 Å². The number of allylic oxidation sites excluding steroid dienone is 2. The van der Waals surface area contributed by atoms with E-state index in [1.165, 1.54) is 11.6 Å². The zero-order valence-corrected chi connectivity index (χ0v) is 27.0. The quantitative estimate of drug-likeness (QED) is 0.339. The lowest BCUT2D eigenvalue weighted by Gasteiger charge is -2.48. The Bertz CT molecular complexity index is 1620. The molecule has 1 aliphatic heterocycles. The van der Waals surface area contributed by atoms with E-state index in [1.54, 1.807) is 19.1 Å². The number of nitrogens with two attached hydrogens (primary N) is 1. The molecule has 0 radical (unpaired) electrons. The molecule has 2 aromatic rings. The van der Waals surface area contributed by atoms with Gasteiger partial charge in [-0.3, -0.25) is 0 Å². The predicted molar refractivity (Wildman–Crippen MR) is 168 cm³/mol. The van der Waals surface area contributed by atoms with Crippen LogP contribution >= 0.6 is 11.6 Å². The van der Waals surface area contributed by atoms with E-state index in [0.717, 1.165) is 37.7 Å². The number of carboxylic acid groups (broad SMARTS) is 1. The molecule has 2 heterocycles. The van der Waals surface area contributed by atoms with Crippen molar-refractivity contribution in [2.45, 2.75) is 70.0 Å². The van der Waals surface area contributed by atoms with Gasteiger partial charge in [-0.25, -0.2) is 27.7 Å². The van der Waals surface area contributed by atoms with Crippen molar-refractivity contribution in [1.29, 1.82) is 0 Å². The van der Waals surface area contributed by atoms with Crippen LogP contribution < -0.4 is 14.8 Å². The SMILES string of the molecule is CC(C1=C[C@H]([C@H](C)[C@@H](C)S(N)(=O)=O)C1)[C@@H]1CC[C@H]1CN1C[C@@]2(CCCc3c2ccc(Cl)c3F)COc2ccc(C(=O)O)nc21. The fourth-order valence-corrected chi connectivity index (χ4v) is 8.98. The summed E-state index contributed by atoms with van der Waals surface area (Å²) < 4.78 is 45.4. The molecule has 1 fully saturated rings. The summed E-state index contributed by atoms with van der Waals surface area (Å²) in [6, 6.07) is 6.71. The van der Waals surface area contributed by atoms with Crippen molar-refractivity contribution in [2.24, 2.45) is 34.7 Å². The molecule has 3 aliphatic carbocycles. The molecule has 3 N–H and O–H groups in total. The van der Waals surface area contributed by atoms with Gasteiger partial charge in [-0.15, -0.1) is 0 Å². The van der Waals surface area contributed by atoms with Crippen molar-refractivity contribution in [2.75, 3.05) is 24.6 Å². The van der Waals surface area contributed by atoms with Gasteiger partial charge in [0.2, 0.25) is 10.0 Å². The third kappa shape index (κ3) is 5.51. The zero-order chi connectivity index (χ0) is 31.6. The third-order valence-electron chi connectivity index (χ3n) is 11.2. The van der Waals surface area contributed by atoms with Crippen molar-refractivity contribution < 1.29 is 27.4 Å². The first kappa shape index (κ1) is 31.3. The van der Waals surface area contributed by atoms with Crippen LogP contribution in [-0.4, -0.2) is 49.4 Å². The van der Waals surface area contributed by atoms with Gasteiger partial charge < -0.3 is 14.7 Å². The Balaban J connectivity index is 1.27. The number of aromatic carboxylic acids is 1. The number of anilines is 1. The van der Waals surface area contributed by atoms with Crippen LogP contribution in [0.3, 0.4) is 0 Å². The number of carbonyl (C=O) groups is 1. The molecule has 0 saturated heterocycles. The number of pyridine rings is 1. The predicted octanol–water partition coefficient (Wildman–Crippen LogP) is 5.97. The van der Waals surface area contributed by atoms with Crippen LogP contribution in [0.5, 0.6) is 5.75 Å². The van der Waals surface area contributed by atoms with Crippen molar-refractivity contribution in [3.63, 3.8) is 0 Å². The average molecular weight is 646 g/mol. The van der Waals surface area contributed by atoms with Gasteiger partial charge in [0.05, 0.1) is 16.9 Å². The van der Waals surface area contributed by atoms with E-state index in [0.29, 0.717) is 61.0 Å². The van der Waals surface area contributed by atoms with Crippen LogP contribution in [0.4, 0.5) is 10.2 Å². The number of carboxylic acids is 1. The van der Waals surface area contributed by atoms with Gasteiger partial charge in [-0.2, -0.15) is 0 Å². The van der Waals surface area contributed by atoms with Gasteiger partial charge >= 0.3 is 5.97 Å². The Morgan fingerprint density at radius 3 is 2.66 bits per heavy atom. The summed E-state index contributed by atoms with van der Waals surface area (Å²) in [4.78, 5) is 18.7. The van der Waals surface area contributed by atoms with E-state index in [-0.39, 0.29) is 28.4 Å². The zero-order valence-electron chi connectivity index (χ0n) is 25.4. The van der Waals surface area contributed by atoms with Crippen LogP contribution in [0.1, 0.15) is 74.5 Å². The highest BCUT2D eigenvalue weighted by Crippen LogP contribution is 2.50. The van der Waals surface area contributed by atoms with E-state index in [4.69, 9.17) is 21.5 Å². The highest BCUT2D eigenvalue weighted by Gasteiger charge is 2.46. The highest BCUT2D eigenvalue weighted by atomic mass is 35.5. The largest absolute Gasteiger partial charge is 0.489 e. The summed E-state index contributed by atoms with van der Waals surface area (Å²) in [5.41, 5.74) is 2.39. The van der Waals surface area contributed by atoms with E-state index >= 15 is 4.39 Å². The van der Waals surface area contributed by atoms with Crippen molar-refractivity contribution >= 4 is 33.4 Å². The number of sulfonamides is 1. The third-order valence-corrected chi connectivity index (χ3v) is 13.0. The van der Waals surface area contributed by atoms with Crippen LogP contribution in [-0.2, 0) is 21.9 Å².